The van der Waals surface area contributed by atoms with E-state index in [9.17, 15) is 4.79 Å². The van der Waals surface area contributed by atoms with E-state index in [2.05, 4.69) is 11.9 Å². The number of halogens is 1. The largest absolute Gasteiger partial charge is 0.338 e. The van der Waals surface area contributed by atoms with Gasteiger partial charge in [-0.2, -0.15) is 0 Å². The summed E-state index contributed by atoms with van der Waals surface area (Å²) in [7, 11) is 2.09. The maximum Gasteiger partial charge on any atom is 0.246 e. The minimum atomic E-state index is 0.0882. The van der Waals surface area contributed by atoms with E-state index in [1.807, 2.05) is 35.2 Å². The molecule has 1 aliphatic rings. The van der Waals surface area contributed by atoms with Crippen molar-refractivity contribution in [3.63, 3.8) is 0 Å². The Morgan fingerprint density at radius 1 is 1.16 bits per heavy atom. The lowest BCUT2D eigenvalue weighted by Crippen LogP contribution is -2.33. The van der Waals surface area contributed by atoms with E-state index in [1.165, 1.54) is 0 Å². The highest BCUT2D eigenvalue weighted by molar-refractivity contribution is 6.30. The summed E-state index contributed by atoms with van der Waals surface area (Å²) >= 11 is 5.82. The first-order valence-electron chi connectivity index (χ1n) is 6.56. The molecule has 3 nitrogen and oxygen atoms in total. The fraction of sp³-hybridized carbons (Fsp3) is 0.400. The van der Waals surface area contributed by atoms with Crippen molar-refractivity contribution in [2.45, 2.75) is 6.42 Å². The van der Waals surface area contributed by atoms with Crippen LogP contribution in [0.3, 0.4) is 0 Å². The first kappa shape index (κ1) is 14.1. The summed E-state index contributed by atoms with van der Waals surface area (Å²) in [6.07, 6.45) is 4.53. The molecule has 1 amide bonds. The number of amides is 1. The number of rotatable bonds is 2. The Hall–Kier alpha value is -1.32. The number of carbonyl (C=O) groups is 1. The van der Waals surface area contributed by atoms with E-state index < -0.39 is 0 Å². The molecule has 0 spiro atoms. The number of carbonyl (C=O) groups excluding carboxylic acids is 1. The predicted molar refractivity (Wildman–Crippen MR) is 79.2 cm³/mol. The van der Waals surface area contributed by atoms with E-state index in [1.54, 1.807) is 6.08 Å². The van der Waals surface area contributed by atoms with Gasteiger partial charge in [-0.05, 0) is 43.8 Å². The van der Waals surface area contributed by atoms with Gasteiger partial charge in [-0.15, -0.1) is 0 Å². The van der Waals surface area contributed by atoms with Crippen molar-refractivity contribution in [2.24, 2.45) is 0 Å². The maximum atomic E-state index is 12.1. The fourth-order valence-corrected chi connectivity index (χ4v) is 2.24. The highest BCUT2D eigenvalue weighted by atomic mass is 35.5. The number of benzene rings is 1. The summed E-state index contributed by atoms with van der Waals surface area (Å²) in [5, 5.41) is 0.707. The summed E-state index contributed by atoms with van der Waals surface area (Å²) < 4.78 is 0. The molecule has 1 aromatic carbocycles. The molecule has 0 unspecified atom stereocenters. The molecule has 0 radical (unpaired) electrons. The van der Waals surface area contributed by atoms with Crippen molar-refractivity contribution < 1.29 is 4.79 Å². The molecule has 0 atom stereocenters. The van der Waals surface area contributed by atoms with Gasteiger partial charge >= 0.3 is 0 Å². The summed E-state index contributed by atoms with van der Waals surface area (Å²) in [4.78, 5) is 16.3. The fourth-order valence-electron chi connectivity index (χ4n) is 2.11. The summed E-state index contributed by atoms with van der Waals surface area (Å²) in [5.74, 6) is 0.0882. The summed E-state index contributed by atoms with van der Waals surface area (Å²) in [6, 6.07) is 7.46. The van der Waals surface area contributed by atoms with Crippen molar-refractivity contribution in [1.29, 1.82) is 0 Å². The molecule has 2 rings (SSSR count). The monoisotopic (exact) mass is 278 g/mol. The van der Waals surface area contributed by atoms with Gasteiger partial charge in [0.15, 0.2) is 0 Å². The minimum absolute atomic E-state index is 0.0882. The Bertz CT molecular complexity index is 456. The SMILES string of the molecule is CN1CCCN(C(=O)/C=C/c2ccc(Cl)cc2)CC1. The van der Waals surface area contributed by atoms with Crippen LogP contribution in [0, 0.1) is 0 Å². The topological polar surface area (TPSA) is 23.6 Å². The zero-order valence-corrected chi connectivity index (χ0v) is 11.9. The second kappa shape index (κ2) is 6.73. The highest BCUT2D eigenvalue weighted by Crippen LogP contribution is 2.11. The van der Waals surface area contributed by atoms with Crippen LogP contribution in [-0.4, -0.2) is 48.9 Å². The van der Waals surface area contributed by atoms with Gasteiger partial charge in [0, 0.05) is 30.7 Å². The maximum absolute atomic E-state index is 12.1. The Labute approximate surface area is 119 Å². The van der Waals surface area contributed by atoms with Crippen LogP contribution in [0.1, 0.15) is 12.0 Å². The van der Waals surface area contributed by atoms with Crippen LogP contribution in [0.5, 0.6) is 0 Å². The third-order valence-corrected chi connectivity index (χ3v) is 3.57. The Morgan fingerprint density at radius 2 is 1.89 bits per heavy atom. The minimum Gasteiger partial charge on any atom is -0.338 e. The van der Waals surface area contributed by atoms with Crippen LogP contribution in [0.25, 0.3) is 6.08 Å². The van der Waals surface area contributed by atoms with Crippen LogP contribution in [0.2, 0.25) is 5.02 Å². The third-order valence-electron chi connectivity index (χ3n) is 3.32. The summed E-state index contributed by atoms with van der Waals surface area (Å²) in [5.41, 5.74) is 0.990. The lowest BCUT2D eigenvalue weighted by Gasteiger charge is -2.18. The molecule has 1 aliphatic heterocycles. The van der Waals surface area contributed by atoms with Crippen molar-refractivity contribution in [1.82, 2.24) is 9.80 Å². The highest BCUT2D eigenvalue weighted by Gasteiger charge is 2.14. The van der Waals surface area contributed by atoms with Gasteiger partial charge < -0.3 is 9.80 Å². The van der Waals surface area contributed by atoms with Crippen LogP contribution in [0.4, 0.5) is 0 Å². The van der Waals surface area contributed by atoms with Gasteiger partial charge in [0.1, 0.15) is 0 Å². The van der Waals surface area contributed by atoms with Crippen LogP contribution in [-0.2, 0) is 4.79 Å². The molecule has 0 N–H and O–H groups in total. The molecule has 0 aromatic heterocycles. The summed E-state index contributed by atoms with van der Waals surface area (Å²) in [6.45, 7) is 3.65. The number of hydrogen-bond donors (Lipinski definition) is 0. The van der Waals surface area contributed by atoms with Crippen molar-refractivity contribution in [2.75, 3.05) is 33.2 Å². The van der Waals surface area contributed by atoms with Gasteiger partial charge in [-0.1, -0.05) is 23.7 Å². The number of likely N-dealkylation sites (N-methyl/N-ethyl adjacent to an activating group) is 1. The molecule has 102 valence electrons. The first-order chi connectivity index (χ1) is 9.15. The molecule has 1 saturated heterocycles. The lowest BCUT2D eigenvalue weighted by atomic mass is 10.2. The second-order valence-corrected chi connectivity index (χ2v) is 5.30. The molecule has 0 bridgehead atoms. The van der Waals surface area contributed by atoms with Crippen molar-refractivity contribution in [3.8, 4) is 0 Å². The van der Waals surface area contributed by atoms with E-state index in [4.69, 9.17) is 11.6 Å². The molecule has 1 fully saturated rings. The van der Waals surface area contributed by atoms with Gasteiger partial charge in [0.25, 0.3) is 0 Å². The number of nitrogens with zero attached hydrogens (tertiary/aromatic N) is 2. The Kier molecular flexibility index (Phi) is 5.00. The van der Waals surface area contributed by atoms with E-state index >= 15 is 0 Å². The van der Waals surface area contributed by atoms with Crippen LogP contribution in [0.15, 0.2) is 30.3 Å². The quantitative estimate of drug-likeness (QED) is 0.776. The second-order valence-electron chi connectivity index (χ2n) is 4.87. The average molecular weight is 279 g/mol. The van der Waals surface area contributed by atoms with Gasteiger partial charge in [0.2, 0.25) is 5.91 Å². The Balaban J connectivity index is 1.94. The van der Waals surface area contributed by atoms with E-state index in [0.717, 1.165) is 38.2 Å². The number of hydrogen-bond acceptors (Lipinski definition) is 2. The average Bonchev–Trinajstić information content (AvgIpc) is 2.63. The molecular weight excluding hydrogens is 260 g/mol. The molecule has 1 heterocycles. The third kappa shape index (κ3) is 4.37. The predicted octanol–water partition coefficient (Wildman–Crippen LogP) is 2.52. The molecule has 19 heavy (non-hydrogen) atoms. The van der Waals surface area contributed by atoms with Crippen molar-refractivity contribution >= 4 is 23.6 Å². The van der Waals surface area contributed by atoms with E-state index in [0.29, 0.717) is 5.02 Å². The zero-order chi connectivity index (χ0) is 13.7. The zero-order valence-electron chi connectivity index (χ0n) is 11.2. The van der Waals surface area contributed by atoms with Crippen molar-refractivity contribution in [3.05, 3.63) is 40.9 Å². The van der Waals surface area contributed by atoms with Crippen LogP contribution >= 0.6 is 11.6 Å². The standard InChI is InChI=1S/C15H19ClN2O/c1-17-9-2-10-18(12-11-17)15(19)8-5-13-3-6-14(16)7-4-13/h3-8H,2,9-12H2,1H3/b8-5+. The molecule has 4 heteroatoms. The van der Waals surface area contributed by atoms with E-state index in [-0.39, 0.29) is 5.91 Å². The molecular formula is C15H19ClN2O. The van der Waals surface area contributed by atoms with Gasteiger partial charge in [-0.3, -0.25) is 4.79 Å². The normalized spacial score (nSPS) is 17.7. The van der Waals surface area contributed by atoms with Gasteiger partial charge in [-0.25, -0.2) is 0 Å². The van der Waals surface area contributed by atoms with Crippen LogP contribution < -0.4 is 0 Å². The molecule has 0 saturated carbocycles. The van der Waals surface area contributed by atoms with Gasteiger partial charge in [0.05, 0.1) is 0 Å². The molecule has 1 aromatic rings. The lowest BCUT2D eigenvalue weighted by molar-refractivity contribution is -0.125. The first-order valence-corrected chi connectivity index (χ1v) is 6.94. The Morgan fingerprint density at radius 3 is 2.63 bits per heavy atom. The molecule has 0 aliphatic carbocycles. The smallest absolute Gasteiger partial charge is 0.246 e.